The van der Waals surface area contributed by atoms with Gasteiger partial charge in [-0.1, -0.05) is 170 Å². The van der Waals surface area contributed by atoms with Crippen molar-refractivity contribution in [3.05, 3.63) is 237 Å². The number of furan rings is 1. The number of benzene rings is 10. The van der Waals surface area contributed by atoms with Crippen LogP contribution in [0.1, 0.15) is 0 Å². The van der Waals surface area contributed by atoms with Gasteiger partial charge in [0.2, 0.25) is 0 Å². The van der Waals surface area contributed by atoms with E-state index in [1.807, 2.05) is 11.3 Å². The molecule has 0 aliphatic carbocycles. The number of thiophene rings is 1. The second kappa shape index (κ2) is 15.5. The first kappa shape index (κ1) is 36.8. The Morgan fingerprint density at radius 1 is 0.317 bits per heavy atom. The topological polar surface area (TPSA) is 16.4 Å². The van der Waals surface area contributed by atoms with Crippen molar-refractivity contribution in [3.63, 3.8) is 0 Å². The second-order valence-corrected chi connectivity index (χ2v) is 17.2. The average molecular weight is 822 g/mol. The van der Waals surface area contributed by atoms with E-state index < -0.39 is 0 Å². The van der Waals surface area contributed by atoms with Crippen molar-refractivity contribution in [1.29, 1.82) is 0 Å². The van der Waals surface area contributed by atoms with Gasteiger partial charge in [-0.15, -0.1) is 11.3 Å². The van der Waals surface area contributed by atoms with Crippen LogP contribution in [-0.4, -0.2) is 0 Å². The Kier molecular flexibility index (Phi) is 9.06. The van der Waals surface area contributed by atoms with Crippen LogP contribution < -0.4 is 4.90 Å². The SMILES string of the molecule is c1ccc(-c2cc(-c3ccccc3)cc(N(c3ccc4sc5cc(-c6ccccc6)ccc5c4c3)c3ccc(-c4ccccc4)c4oc5cc(-c6ccccc6)ccc5c34)c2)cc1. The van der Waals surface area contributed by atoms with Gasteiger partial charge in [-0.3, -0.25) is 0 Å². The van der Waals surface area contributed by atoms with Gasteiger partial charge in [-0.05, 0) is 117 Å². The van der Waals surface area contributed by atoms with E-state index in [9.17, 15) is 0 Å². The lowest BCUT2D eigenvalue weighted by Crippen LogP contribution is -2.11. The lowest BCUT2D eigenvalue weighted by atomic mass is 9.96. The van der Waals surface area contributed by atoms with Gasteiger partial charge in [-0.25, -0.2) is 0 Å². The smallest absolute Gasteiger partial charge is 0.145 e. The van der Waals surface area contributed by atoms with Crippen LogP contribution in [0.3, 0.4) is 0 Å². The Hall–Kier alpha value is -7.98. The van der Waals surface area contributed by atoms with Crippen LogP contribution >= 0.6 is 11.3 Å². The Morgan fingerprint density at radius 2 is 0.841 bits per heavy atom. The lowest BCUT2D eigenvalue weighted by molar-refractivity contribution is 0.670. The molecule has 0 radical (unpaired) electrons. The number of fused-ring (bicyclic) bond motifs is 6. The Balaban J connectivity index is 1.14. The highest BCUT2D eigenvalue weighted by atomic mass is 32.1. The predicted molar refractivity (Wildman–Crippen MR) is 268 cm³/mol. The maximum absolute atomic E-state index is 7.09. The summed E-state index contributed by atoms with van der Waals surface area (Å²) in [5, 5.41) is 4.63. The summed E-state index contributed by atoms with van der Waals surface area (Å²) < 4.78 is 9.62. The minimum atomic E-state index is 0.854. The molecule has 10 aromatic carbocycles. The minimum absolute atomic E-state index is 0.854. The van der Waals surface area contributed by atoms with E-state index in [4.69, 9.17) is 4.42 Å². The van der Waals surface area contributed by atoms with Crippen molar-refractivity contribution in [2.75, 3.05) is 4.90 Å². The fourth-order valence-corrected chi connectivity index (χ4v) is 10.3. The quantitative estimate of drug-likeness (QED) is 0.152. The van der Waals surface area contributed by atoms with Crippen LogP contribution in [0, 0.1) is 0 Å². The zero-order valence-corrected chi connectivity index (χ0v) is 35.1. The highest BCUT2D eigenvalue weighted by molar-refractivity contribution is 7.25. The molecule has 0 aliphatic rings. The molecule has 0 bridgehead atoms. The van der Waals surface area contributed by atoms with Crippen molar-refractivity contribution in [2.24, 2.45) is 0 Å². The molecule has 12 aromatic rings. The largest absolute Gasteiger partial charge is 0.455 e. The predicted octanol–water partition coefficient (Wildman–Crippen LogP) is 17.8. The van der Waals surface area contributed by atoms with Gasteiger partial charge in [0, 0.05) is 42.5 Å². The van der Waals surface area contributed by atoms with E-state index in [0.29, 0.717) is 0 Å². The van der Waals surface area contributed by atoms with Crippen LogP contribution in [0.15, 0.2) is 241 Å². The van der Waals surface area contributed by atoms with E-state index in [2.05, 4.69) is 241 Å². The summed E-state index contributed by atoms with van der Waals surface area (Å²) >= 11 is 1.85. The number of hydrogen-bond donors (Lipinski definition) is 0. The highest BCUT2D eigenvalue weighted by Crippen LogP contribution is 2.49. The zero-order valence-electron chi connectivity index (χ0n) is 34.3. The average Bonchev–Trinajstić information content (AvgIpc) is 3.93. The zero-order chi connectivity index (χ0) is 41.7. The van der Waals surface area contributed by atoms with E-state index >= 15 is 0 Å². The normalized spacial score (nSPS) is 11.5. The molecule has 0 fully saturated rings. The van der Waals surface area contributed by atoms with Gasteiger partial charge in [-0.2, -0.15) is 0 Å². The monoisotopic (exact) mass is 821 g/mol. The van der Waals surface area contributed by atoms with E-state index in [-0.39, 0.29) is 0 Å². The van der Waals surface area contributed by atoms with Crippen molar-refractivity contribution in [1.82, 2.24) is 0 Å². The Bertz CT molecular complexity index is 3540. The van der Waals surface area contributed by atoms with Gasteiger partial charge in [0.05, 0.1) is 11.1 Å². The van der Waals surface area contributed by atoms with Gasteiger partial charge in [0.15, 0.2) is 0 Å². The molecule has 0 saturated carbocycles. The summed E-state index contributed by atoms with van der Waals surface area (Å²) in [6.45, 7) is 0. The molecule has 0 N–H and O–H groups in total. The summed E-state index contributed by atoms with van der Waals surface area (Å²) in [6.07, 6.45) is 0. The second-order valence-electron chi connectivity index (χ2n) is 16.1. The maximum Gasteiger partial charge on any atom is 0.145 e. The first-order valence-electron chi connectivity index (χ1n) is 21.4. The molecule has 0 unspecified atom stereocenters. The van der Waals surface area contributed by atoms with Gasteiger partial charge in [0.25, 0.3) is 0 Å². The van der Waals surface area contributed by atoms with Crippen molar-refractivity contribution in [3.8, 4) is 55.6 Å². The summed E-state index contributed by atoms with van der Waals surface area (Å²) in [7, 11) is 0. The molecule has 0 amide bonds. The number of hydrogen-bond acceptors (Lipinski definition) is 3. The van der Waals surface area contributed by atoms with E-state index in [0.717, 1.165) is 83.5 Å². The van der Waals surface area contributed by atoms with Gasteiger partial charge >= 0.3 is 0 Å². The molecule has 12 rings (SSSR count). The van der Waals surface area contributed by atoms with E-state index in [1.165, 1.54) is 31.3 Å². The maximum atomic E-state index is 7.09. The lowest BCUT2D eigenvalue weighted by Gasteiger charge is -2.28. The van der Waals surface area contributed by atoms with Crippen LogP contribution in [0.5, 0.6) is 0 Å². The summed E-state index contributed by atoms with van der Waals surface area (Å²) in [6, 6.07) is 85.4. The van der Waals surface area contributed by atoms with Crippen molar-refractivity contribution < 1.29 is 4.42 Å². The first-order chi connectivity index (χ1) is 31.2. The molecule has 0 spiro atoms. The van der Waals surface area contributed by atoms with Crippen LogP contribution in [-0.2, 0) is 0 Å². The van der Waals surface area contributed by atoms with Crippen LogP contribution in [0.4, 0.5) is 17.1 Å². The minimum Gasteiger partial charge on any atom is -0.455 e. The van der Waals surface area contributed by atoms with Gasteiger partial charge < -0.3 is 9.32 Å². The van der Waals surface area contributed by atoms with Gasteiger partial charge in [0.1, 0.15) is 11.2 Å². The molecule has 63 heavy (non-hydrogen) atoms. The fourth-order valence-electron chi connectivity index (χ4n) is 9.18. The van der Waals surface area contributed by atoms with Crippen molar-refractivity contribution >= 4 is 70.5 Å². The fraction of sp³-hybridized carbons (Fsp3) is 0. The van der Waals surface area contributed by atoms with E-state index in [1.54, 1.807) is 0 Å². The molecule has 0 aliphatic heterocycles. The third-order valence-electron chi connectivity index (χ3n) is 12.2. The highest BCUT2D eigenvalue weighted by Gasteiger charge is 2.24. The molecule has 2 nitrogen and oxygen atoms in total. The molecule has 2 heterocycles. The molecule has 0 atom stereocenters. The molecule has 2 aromatic heterocycles. The number of nitrogens with zero attached hydrogens (tertiary/aromatic N) is 1. The third-order valence-corrected chi connectivity index (χ3v) is 13.4. The molecular formula is C60H39NOS. The van der Waals surface area contributed by atoms with Crippen LogP contribution in [0.25, 0.3) is 97.7 Å². The molecular weight excluding hydrogens is 783 g/mol. The molecule has 0 saturated heterocycles. The molecule has 296 valence electrons. The van der Waals surface area contributed by atoms with Crippen molar-refractivity contribution in [2.45, 2.75) is 0 Å². The summed E-state index contributed by atoms with van der Waals surface area (Å²) in [5.74, 6) is 0. The number of rotatable bonds is 8. The Labute approximate surface area is 370 Å². The summed E-state index contributed by atoms with van der Waals surface area (Å²) in [5.41, 5.74) is 16.4. The van der Waals surface area contributed by atoms with Crippen LogP contribution in [0.2, 0.25) is 0 Å². The standard InChI is InChI=1S/C60H39NOS/c1-6-16-40(17-7-1)45-27-30-53-56(37-45)62-60-51(44-24-14-5-15-25-44)31-32-55(59(53)60)61(50-35-47(42-20-10-3-11-21-42)34-48(36-50)43-22-12-4-13-23-43)49-28-33-57-54(39-49)52-29-26-46(38-58(52)63-57)41-18-8-2-9-19-41/h1-39H. The number of anilines is 3. The Morgan fingerprint density at radius 3 is 1.43 bits per heavy atom. The third kappa shape index (κ3) is 6.67. The first-order valence-corrected chi connectivity index (χ1v) is 22.2. The summed E-state index contributed by atoms with van der Waals surface area (Å²) in [4.78, 5) is 2.46. The molecule has 3 heteroatoms.